The van der Waals surface area contributed by atoms with Gasteiger partial charge in [0.25, 0.3) is 0 Å². The molecule has 0 aliphatic rings. The molecular formula is C24H21N7OS. The predicted molar refractivity (Wildman–Crippen MR) is 131 cm³/mol. The van der Waals surface area contributed by atoms with Crippen molar-refractivity contribution < 1.29 is 4.79 Å². The number of anilines is 3. The fourth-order valence-electron chi connectivity index (χ4n) is 3.60. The molecule has 4 heterocycles. The molecule has 0 bridgehead atoms. The van der Waals surface area contributed by atoms with Crippen LogP contribution in [-0.4, -0.2) is 30.5 Å². The second kappa shape index (κ2) is 8.44. The van der Waals surface area contributed by atoms with Crippen LogP contribution in [0.3, 0.4) is 0 Å². The first-order chi connectivity index (χ1) is 16.0. The molecule has 1 aromatic carbocycles. The molecule has 0 atom stereocenters. The fraction of sp³-hybridized carbons (Fsp3) is 0.125. The van der Waals surface area contributed by atoms with E-state index in [2.05, 4.69) is 15.4 Å². The van der Waals surface area contributed by atoms with E-state index < -0.39 is 0 Å². The van der Waals surface area contributed by atoms with Gasteiger partial charge in [-0.3, -0.25) is 9.48 Å². The molecule has 3 N–H and O–H groups in total. The molecule has 33 heavy (non-hydrogen) atoms. The fourth-order valence-corrected chi connectivity index (χ4v) is 4.38. The van der Waals surface area contributed by atoms with Crippen molar-refractivity contribution >= 4 is 44.8 Å². The Morgan fingerprint density at radius 2 is 2.03 bits per heavy atom. The van der Waals surface area contributed by atoms with E-state index in [0.717, 1.165) is 38.7 Å². The summed E-state index contributed by atoms with van der Waals surface area (Å²) in [6, 6.07) is 15.0. The number of benzene rings is 1. The largest absolute Gasteiger partial charge is 0.384 e. The van der Waals surface area contributed by atoms with Crippen LogP contribution in [0.5, 0.6) is 0 Å². The van der Waals surface area contributed by atoms with Gasteiger partial charge in [0, 0.05) is 36.9 Å². The minimum Gasteiger partial charge on any atom is -0.384 e. The van der Waals surface area contributed by atoms with Crippen LogP contribution in [0.25, 0.3) is 21.6 Å². The van der Waals surface area contributed by atoms with Crippen LogP contribution >= 0.6 is 11.3 Å². The highest BCUT2D eigenvalue weighted by atomic mass is 32.1. The van der Waals surface area contributed by atoms with Crippen LogP contribution in [-0.2, 0) is 13.5 Å². The number of rotatable bonds is 6. The highest BCUT2D eigenvalue weighted by molar-refractivity contribution is 7.17. The highest BCUT2D eigenvalue weighted by Gasteiger charge is 2.14. The summed E-state index contributed by atoms with van der Waals surface area (Å²) < 4.78 is 2.76. The second-order valence-electron chi connectivity index (χ2n) is 7.72. The molecule has 0 spiro atoms. The molecule has 164 valence electrons. The lowest BCUT2D eigenvalue weighted by atomic mass is 10.0. The zero-order chi connectivity index (χ0) is 22.9. The Morgan fingerprint density at radius 3 is 2.79 bits per heavy atom. The Bertz CT molecular complexity index is 1470. The normalized spacial score (nSPS) is 11.1. The lowest BCUT2D eigenvalue weighted by Crippen LogP contribution is -2.05. The molecule has 0 fully saturated rings. The monoisotopic (exact) mass is 455 g/mol. The Morgan fingerprint density at radius 1 is 1.15 bits per heavy atom. The molecule has 0 saturated heterocycles. The van der Waals surface area contributed by atoms with Gasteiger partial charge >= 0.3 is 0 Å². The van der Waals surface area contributed by atoms with E-state index in [4.69, 9.17) is 15.7 Å². The van der Waals surface area contributed by atoms with Crippen molar-refractivity contribution in [3.63, 3.8) is 0 Å². The summed E-state index contributed by atoms with van der Waals surface area (Å²) in [5.41, 5.74) is 9.65. The molecule has 5 aromatic rings. The molecule has 0 aliphatic carbocycles. The van der Waals surface area contributed by atoms with E-state index in [1.807, 2.05) is 55.7 Å². The lowest BCUT2D eigenvalue weighted by molar-refractivity contribution is 0.0992. The number of carbonyl (C=O) groups is 1. The van der Waals surface area contributed by atoms with Crippen molar-refractivity contribution in [3.05, 3.63) is 76.9 Å². The minimum absolute atomic E-state index is 0.0252. The number of pyridine rings is 1. The number of hydrogen-bond acceptors (Lipinski definition) is 8. The Hall–Kier alpha value is -4.11. The van der Waals surface area contributed by atoms with Gasteiger partial charge in [-0.25, -0.2) is 15.0 Å². The van der Waals surface area contributed by atoms with Crippen molar-refractivity contribution in [2.75, 3.05) is 11.1 Å². The molecule has 9 heteroatoms. The van der Waals surface area contributed by atoms with Gasteiger partial charge in [-0.1, -0.05) is 18.2 Å². The number of nitrogens with zero attached hydrogens (tertiary/aromatic N) is 5. The van der Waals surface area contributed by atoms with Crippen molar-refractivity contribution in [2.24, 2.45) is 7.05 Å². The summed E-state index contributed by atoms with van der Waals surface area (Å²) in [6.07, 6.45) is 1.76. The van der Waals surface area contributed by atoms with E-state index in [1.165, 1.54) is 6.20 Å². The smallest absolute Gasteiger partial charge is 0.168 e. The molecule has 0 saturated carbocycles. The topological polar surface area (TPSA) is 112 Å². The number of ketones is 1. The summed E-state index contributed by atoms with van der Waals surface area (Å²) >= 11 is 1.58. The van der Waals surface area contributed by atoms with Gasteiger partial charge in [0.2, 0.25) is 0 Å². The van der Waals surface area contributed by atoms with Crippen LogP contribution in [0.4, 0.5) is 17.5 Å². The maximum Gasteiger partial charge on any atom is 0.168 e. The Balaban J connectivity index is 1.47. The maximum absolute atomic E-state index is 12.7. The Kier molecular flexibility index (Phi) is 5.31. The van der Waals surface area contributed by atoms with Crippen molar-refractivity contribution in [2.45, 2.75) is 13.3 Å². The molecule has 4 aromatic heterocycles. The number of fused-ring (bicyclic) bond motifs is 1. The zero-order valence-electron chi connectivity index (χ0n) is 18.1. The first-order valence-corrected chi connectivity index (χ1v) is 11.2. The van der Waals surface area contributed by atoms with E-state index in [1.54, 1.807) is 28.2 Å². The van der Waals surface area contributed by atoms with Crippen LogP contribution in [0.1, 0.15) is 21.6 Å². The average molecular weight is 456 g/mol. The number of nitrogens with one attached hydrogen (secondary N) is 1. The summed E-state index contributed by atoms with van der Waals surface area (Å²) in [5, 5.41) is 9.79. The van der Waals surface area contributed by atoms with Crippen LogP contribution in [0, 0.1) is 6.92 Å². The Labute approximate surface area is 194 Å². The number of aromatic nitrogens is 5. The highest BCUT2D eigenvalue weighted by Crippen LogP contribution is 2.31. The average Bonchev–Trinajstić information content (AvgIpc) is 3.40. The van der Waals surface area contributed by atoms with E-state index in [0.29, 0.717) is 17.2 Å². The van der Waals surface area contributed by atoms with E-state index in [-0.39, 0.29) is 12.2 Å². The standard InChI is InChI=1S/C24H21N7OS/c1-14-10-21(31(2)30-14)28-24-22-18(8-9-33-22)27-23(29-24)16-5-3-4-15(11-16)12-19(32)17-6-7-20(25)26-13-17/h3-11,13H,12H2,1-2H3,(H2,25,26)(H,27,28,29). The third-order valence-electron chi connectivity index (χ3n) is 5.21. The third kappa shape index (κ3) is 4.31. The number of hydrogen-bond donors (Lipinski definition) is 2. The SMILES string of the molecule is Cc1cc(Nc2nc(-c3cccc(CC(=O)c4ccc(N)nc4)c3)nc3ccsc23)n(C)n1. The number of nitrogens with two attached hydrogens (primary N) is 1. The van der Waals surface area contributed by atoms with Crippen LogP contribution in [0.15, 0.2) is 60.1 Å². The summed E-state index contributed by atoms with van der Waals surface area (Å²) in [6.45, 7) is 1.95. The first kappa shape index (κ1) is 20.8. The molecule has 0 radical (unpaired) electrons. The molecular weight excluding hydrogens is 434 g/mol. The van der Waals surface area contributed by atoms with Gasteiger partial charge in [-0.15, -0.1) is 11.3 Å². The minimum atomic E-state index is -0.0252. The molecule has 5 rings (SSSR count). The van der Waals surface area contributed by atoms with Gasteiger partial charge in [0.1, 0.15) is 11.6 Å². The van der Waals surface area contributed by atoms with Gasteiger partial charge in [0.15, 0.2) is 17.4 Å². The van der Waals surface area contributed by atoms with Crippen LogP contribution in [0.2, 0.25) is 0 Å². The quantitative estimate of drug-likeness (QED) is 0.361. The number of Topliss-reactive ketones (excluding diaryl/α,β-unsaturated/α-hetero) is 1. The number of thiophene rings is 1. The number of carbonyl (C=O) groups excluding carboxylic acids is 1. The summed E-state index contributed by atoms with van der Waals surface area (Å²) in [4.78, 5) is 26.2. The van der Waals surface area contributed by atoms with E-state index in [9.17, 15) is 4.79 Å². The van der Waals surface area contributed by atoms with Crippen LogP contribution < -0.4 is 11.1 Å². The lowest BCUT2D eigenvalue weighted by Gasteiger charge is -2.10. The van der Waals surface area contributed by atoms with E-state index >= 15 is 0 Å². The first-order valence-electron chi connectivity index (χ1n) is 10.3. The number of nitrogen functional groups attached to an aromatic ring is 1. The molecule has 0 unspecified atom stereocenters. The summed E-state index contributed by atoms with van der Waals surface area (Å²) in [7, 11) is 1.89. The molecule has 0 aliphatic heterocycles. The van der Waals surface area contributed by atoms with Gasteiger partial charge in [-0.2, -0.15) is 5.10 Å². The van der Waals surface area contributed by atoms with Crippen molar-refractivity contribution in [1.82, 2.24) is 24.7 Å². The zero-order valence-corrected chi connectivity index (χ0v) is 18.9. The number of aryl methyl sites for hydroxylation is 2. The van der Waals surface area contributed by atoms with Crippen molar-refractivity contribution in [3.8, 4) is 11.4 Å². The van der Waals surface area contributed by atoms with Gasteiger partial charge < -0.3 is 11.1 Å². The second-order valence-corrected chi connectivity index (χ2v) is 8.64. The van der Waals surface area contributed by atoms with Gasteiger partial charge in [-0.05, 0) is 42.1 Å². The molecule has 8 nitrogen and oxygen atoms in total. The maximum atomic E-state index is 12.7. The van der Waals surface area contributed by atoms with Crippen molar-refractivity contribution in [1.29, 1.82) is 0 Å². The summed E-state index contributed by atoms with van der Waals surface area (Å²) in [5.74, 6) is 2.53. The predicted octanol–water partition coefficient (Wildman–Crippen LogP) is 4.55. The molecule has 0 amide bonds. The van der Waals surface area contributed by atoms with Gasteiger partial charge in [0.05, 0.1) is 15.9 Å². The third-order valence-corrected chi connectivity index (χ3v) is 6.12.